The van der Waals surface area contributed by atoms with Crippen LogP contribution in [0.5, 0.6) is 0 Å². The molecule has 0 radical (unpaired) electrons. The lowest BCUT2D eigenvalue weighted by Crippen LogP contribution is -2.55. The van der Waals surface area contributed by atoms with Gasteiger partial charge in [0.05, 0.1) is 0 Å². The highest BCUT2D eigenvalue weighted by atomic mass is 19.2. The number of amides is 3. The molecule has 1 aromatic carbocycles. The fourth-order valence-corrected chi connectivity index (χ4v) is 2.65. The highest BCUT2D eigenvalue weighted by Crippen LogP contribution is 2.23. The van der Waals surface area contributed by atoms with Gasteiger partial charge in [-0.25, -0.2) is 18.4 Å². The fourth-order valence-electron chi connectivity index (χ4n) is 2.65. The van der Waals surface area contributed by atoms with Crippen LogP contribution in [0.1, 0.15) is 40.5 Å². The molecule has 0 aromatic heterocycles. The number of alkyl carbamates (subject to hydrolysis) is 1. The Labute approximate surface area is 151 Å². The van der Waals surface area contributed by atoms with Gasteiger partial charge in [-0.3, -0.25) is 0 Å². The first-order valence-corrected chi connectivity index (χ1v) is 8.50. The maximum absolute atomic E-state index is 13.2. The first-order chi connectivity index (χ1) is 12.0. The minimum atomic E-state index is -1.02. The van der Waals surface area contributed by atoms with Crippen molar-refractivity contribution < 1.29 is 23.1 Å². The second-order valence-corrected chi connectivity index (χ2v) is 7.73. The summed E-state index contributed by atoms with van der Waals surface area (Å²) < 4.78 is 31.4. The highest BCUT2D eigenvalue weighted by Gasteiger charge is 2.34. The van der Waals surface area contributed by atoms with Crippen LogP contribution in [0.15, 0.2) is 18.2 Å². The van der Waals surface area contributed by atoms with E-state index in [2.05, 4.69) is 10.6 Å². The van der Waals surface area contributed by atoms with E-state index in [9.17, 15) is 18.4 Å². The van der Waals surface area contributed by atoms with E-state index < -0.39 is 34.9 Å². The van der Waals surface area contributed by atoms with E-state index in [1.165, 1.54) is 6.07 Å². The van der Waals surface area contributed by atoms with Crippen LogP contribution in [0.3, 0.4) is 0 Å². The summed E-state index contributed by atoms with van der Waals surface area (Å²) in [6, 6.07) is 2.80. The van der Waals surface area contributed by atoms with Gasteiger partial charge in [0, 0.05) is 30.4 Å². The number of halogens is 2. The second kappa shape index (κ2) is 7.47. The zero-order valence-corrected chi connectivity index (χ0v) is 15.5. The van der Waals surface area contributed by atoms with Crippen LogP contribution in [0, 0.1) is 11.6 Å². The summed E-state index contributed by atoms with van der Waals surface area (Å²) in [5.41, 5.74) is -0.860. The number of nitrogens with one attached hydrogen (secondary N) is 2. The minimum absolute atomic E-state index is 0.189. The Bertz CT molecular complexity index is 681. The van der Waals surface area contributed by atoms with E-state index in [-0.39, 0.29) is 5.69 Å². The largest absolute Gasteiger partial charge is 0.444 e. The van der Waals surface area contributed by atoms with E-state index in [0.29, 0.717) is 25.9 Å². The van der Waals surface area contributed by atoms with Crippen LogP contribution in [0.4, 0.5) is 24.1 Å². The minimum Gasteiger partial charge on any atom is -0.444 e. The second-order valence-electron chi connectivity index (χ2n) is 7.73. The van der Waals surface area contributed by atoms with Gasteiger partial charge < -0.3 is 20.3 Å². The Morgan fingerprint density at radius 1 is 1.15 bits per heavy atom. The third-order valence-electron chi connectivity index (χ3n) is 4.13. The molecule has 8 heteroatoms. The van der Waals surface area contributed by atoms with Crippen LogP contribution in [0.2, 0.25) is 0 Å². The van der Waals surface area contributed by atoms with Crippen molar-refractivity contribution in [1.82, 2.24) is 10.2 Å². The van der Waals surface area contributed by atoms with Crippen molar-refractivity contribution in [3.05, 3.63) is 29.8 Å². The van der Waals surface area contributed by atoms with Crippen LogP contribution in [-0.2, 0) is 4.74 Å². The van der Waals surface area contributed by atoms with Crippen molar-refractivity contribution in [2.75, 3.05) is 18.4 Å². The quantitative estimate of drug-likeness (QED) is 0.831. The van der Waals surface area contributed by atoms with Gasteiger partial charge in [-0.2, -0.15) is 0 Å². The predicted molar refractivity (Wildman–Crippen MR) is 94.0 cm³/mol. The molecular weight excluding hydrogens is 344 g/mol. The molecule has 2 rings (SSSR count). The number of urea groups is 1. The number of hydrogen-bond donors (Lipinski definition) is 2. The number of likely N-dealkylation sites (tertiary alicyclic amines) is 1. The van der Waals surface area contributed by atoms with Crippen molar-refractivity contribution in [3.8, 4) is 0 Å². The number of nitrogens with zero attached hydrogens (tertiary/aromatic N) is 1. The molecule has 0 atom stereocenters. The highest BCUT2D eigenvalue weighted by molar-refractivity contribution is 5.89. The molecule has 0 bridgehead atoms. The molecule has 1 aliphatic heterocycles. The summed E-state index contributed by atoms with van der Waals surface area (Å²) >= 11 is 0. The van der Waals surface area contributed by atoms with Crippen LogP contribution in [0.25, 0.3) is 0 Å². The number of carbonyl (C=O) groups is 2. The van der Waals surface area contributed by atoms with Gasteiger partial charge in [-0.15, -0.1) is 0 Å². The molecule has 1 aromatic rings. The molecule has 144 valence electrons. The Balaban J connectivity index is 1.87. The normalized spacial score (nSPS) is 16.8. The number of piperidine rings is 1. The molecule has 6 nitrogen and oxygen atoms in total. The molecule has 0 spiro atoms. The van der Waals surface area contributed by atoms with E-state index in [4.69, 9.17) is 4.74 Å². The number of hydrogen-bond acceptors (Lipinski definition) is 3. The molecule has 26 heavy (non-hydrogen) atoms. The lowest BCUT2D eigenvalue weighted by Gasteiger charge is -2.40. The molecule has 3 amide bonds. The average Bonchev–Trinajstić information content (AvgIpc) is 2.49. The molecule has 1 aliphatic rings. The van der Waals surface area contributed by atoms with E-state index in [1.807, 2.05) is 6.92 Å². The van der Waals surface area contributed by atoms with Crippen molar-refractivity contribution in [3.63, 3.8) is 0 Å². The number of carbonyl (C=O) groups excluding carboxylic acids is 2. The summed E-state index contributed by atoms with van der Waals surface area (Å²) in [6.07, 6.45) is 0.620. The molecule has 1 saturated heterocycles. The third kappa shape index (κ3) is 5.57. The van der Waals surface area contributed by atoms with Crippen molar-refractivity contribution in [2.45, 2.75) is 51.7 Å². The van der Waals surface area contributed by atoms with Gasteiger partial charge in [-0.05, 0) is 52.7 Å². The summed E-state index contributed by atoms with van der Waals surface area (Å²) in [5, 5.41) is 5.41. The molecule has 1 fully saturated rings. The maximum Gasteiger partial charge on any atom is 0.408 e. The molecular formula is C18H25F2N3O3. The van der Waals surface area contributed by atoms with Crippen LogP contribution in [-0.4, -0.2) is 41.3 Å². The van der Waals surface area contributed by atoms with Gasteiger partial charge in [0.25, 0.3) is 0 Å². The molecule has 2 N–H and O–H groups in total. The van der Waals surface area contributed by atoms with E-state index in [1.54, 1.807) is 25.7 Å². The van der Waals surface area contributed by atoms with Gasteiger partial charge in [-0.1, -0.05) is 0 Å². The number of ether oxygens (including phenoxy) is 1. The lowest BCUT2D eigenvalue weighted by molar-refractivity contribution is 0.0422. The van der Waals surface area contributed by atoms with E-state index in [0.717, 1.165) is 12.1 Å². The van der Waals surface area contributed by atoms with Gasteiger partial charge in [0.1, 0.15) is 5.60 Å². The summed E-state index contributed by atoms with van der Waals surface area (Å²) in [6.45, 7) is 8.12. The topological polar surface area (TPSA) is 70.7 Å². The number of benzene rings is 1. The Morgan fingerprint density at radius 2 is 1.77 bits per heavy atom. The Morgan fingerprint density at radius 3 is 2.31 bits per heavy atom. The molecule has 1 heterocycles. The number of rotatable bonds is 2. The zero-order valence-electron chi connectivity index (χ0n) is 15.5. The standard InChI is InChI=1S/C18H25F2N3O3/c1-17(2,3)26-16(25)22-18(4)7-9-23(10-8-18)15(24)21-12-5-6-13(19)14(20)11-12/h5-6,11H,7-10H2,1-4H3,(H,21,24)(H,22,25). The maximum atomic E-state index is 13.2. The Kier molecular flexibility index (Phi) is 5.73. The third-order valence-corrected chi connectivity index (χ3v) is 4.13. The molecule has 0 saturated carbocycles. The van der Waals surface area contributed by atoms with Crippen LogP contribution < -0.4 is 10.6 Å². The van der Waals surface area contributed by atoms with Crippen molar-refractivity contribution in [2.24, 2.45) is 0 Å². The summed E-state index contributed by atoms with van der Waals surface area (Å²) in [5.74, 6) is -1.99. The van der Waals surface area contributed by atoms with Gasteiger partial charge in [0.15, 0.2) is 11.6 Å². The Hall–Kier alpha value is -2.38. The van der Waals surface area contributed by atoms with Gasteiger partial charge in [0.2, 0.25) is 0 Å². The van der Waals surface area contributed by atoms with Crippen LogP contribution >= 0.6 is 0 Å². The van der Waals surface area contributed by atoms with Crippen molar-refractivity contribution in [1.29, 1.82) is 0 Å². The number of anilines is 1. The van der Waals surface area contributed by atoms with E-state index >= 15 is 0 Å². The first kappa shape index (κ1) is 19.9. The summed E-state index contributed by atoms with van der Waals surface area (Å²) in [4.78, 5) is 25.8. The SMILES string of the molecule is CC1(NC(=O)OC(C)(C)C)CCN(C(=O)Nc2ccc(F)c(F)c2)CC1. The van der Waals surface area contributed by atoms with Gasteiger partial charge >= 0.3 is 12.1 Å². The monoisotopic (exact) mass is 369 g/mol. The lowest BCUT2D eigenvalue weighted by atomic mass is 9.90. The smallest absolute Gasteiger partial charge is 0.408 e. The fraction of sp³-hybridized carbons (Fsp3) is 0.556. The zero-order chi connectivity index (χ0) is 19.5. The average molecular weight is 369 g/mol. The molecule has 0 aliphatic carbocycles. The van der Waals surface area contributed by atoms with Crippen molar-refractivity contribution >= 4 is 17.8 Å². The predicted octanol–water partition coefficient (Wildman–Crippen LogP) is 3.88. The summed E-state index contributed by atoms with van der Waals surface area (Å²) in [7, 11) is 0. The first-order valence-electron chi connectivity index (χ1n) is 8.50. The molecule has 0 unspecified atom stereocenters.